The van der Waals surface area contributed by atoms with Crippen LogP contribution in [0.25, 0.3) is 6.08 Å². The second-order valence-electron chi connectivity index (χ2n) is 7.03. The Bertz CT molecular complexity index is 1330. The number of amides is 1. The molecule has 1 amide bonds. The maximum absolute atomic E-state index is 12.6. The van der Waals surface area contributed by atoms with Crippen molar-refractivity contribution in [2.45, 2.75) is 6.61 Å². The van der Waals surface area contributed by atoms with Crippen molar-refractivity contribution in [1.82, 2.24) is 0 Å². The molecule has 0 aliphatic carbocycles. The number of hydrogen-bond donors (Lipinski definition) is 1. The standard InChI is InChI=1S/C25H16Cl2I2N2O4/c1-34-25(33)15-3-6-19(7-4-15)31-24(32)17(12-30)8-14-9-21(28)23(22(29)10-14)35-13-16-2-5-18(26)11-20(16)27/h2-11H,13H2,1H3,(H,31,32)/b17-8+. The van der Waals surface area contributed by atoms with E-state index in [0.717, 1.165) is 12.7 Å². The number of esters is 1. The van der Waals surface area contributed by atoms with Gasteiger partial charge in [-0.25, -0.2) is 4.79 Å². The molecule has 0 bridgehead atoms. The molecule has 35 heavy (non-hydrogen) atoms. The van der Waals surface area contributed by atoms with Crippen LogP contribution >= 0.6 is 68.4 Å². The molecule has 0 radical (unpaired) electrons. The lowest BCUT2D eigenvalue weighted by atomic mass is 10.1. The smallest absolute Gasteiger partial charge is 0.337 e. The summed E-state index contributed by atoms with van der Waals surface area (Å²) in [5.41, 5.74) is 2.19. The van der Waals surface area contributed by atoms with Gasteiger partial charge in [-0.05, 0) is 105 Å². The molecular formula is C25H16Cl2I2N2O4. The second-order valence-corrected chi connectivity index (χ2v) is 10.2. The fourth-order valence-electron chi connectivity index (χ4n) is 2.91. The van der Waals surface area contributed by atoms with Crippen LogP contribution in [0.3, 0.4) is 0 Å². The average molecular weight is 733 g/mol. The van der Waals surface area contributed by atoms with Gasteiger partial charge < -0.3 is 14.8 Å². The minimum absolute atomic E-state index is 0.0738. The van der Waals surface area contributed by atoms with E-state index in [4.69, 9.17) is 27.9 Å². The first kappa shape index (κ1) is 27.3. The number of nitrogens with zero attached hydrogens (tertiary/aromatic N) is 1. The van der Waals surface area contributed by atoms with E-state index in [-0.39, 0.29) is 12.2 Å². The van der Waals surface area contributed by atoms with Crippen molar-refractivity contribution < 1.29 is 19.1 Å². The molecule has 0 aliphatic rings. The number of carbonyl (C=O) groups is 2. The van der Waals surface area contributed by atoms with Gasteiger partial charge in [-0.2, -0.15) is 5.26 Å². The molecule has 178 valence electrons. The largest absolute Gasteiger partial charge is 0.487 e. The molecule has 0 saturated heterocycles. The number of benzene rings is 3. The van der Waals surface area contributed by atoms with Crippen LogP contribution in [-0.2, 0) is 16.1 Å². The van der Waals surface area contributed by atoms with Crippen molar-refractivity contribution in [3.63, 3.8) is 0 Å². The van der Waals surface area contributed by atoms with Gasteiger partial charge in [0.05, 0.1) is 19.8 Å². The van der Waals surface area contributed by atoms with Crippen molar-refractivity contribution in [1.29, 1.82) is 5.26 Å². The van der Waals surface area contributed by atoms with Gasteiger partial charge in [-0.3, -0.25) is 4.79 Å². The summed E-state index contributed by atoms with van der Waals surface area (Å²) in [7, 11) is 1.29. The molecule has 0 atom stereocenters. The average Bonchev–Trinajstić information content (AvgIpc) is 2.83. The third kappa shape index (κ3) is 7.33. The Morgan fingerprint density at radius 1 is 1.06 bits per heavy atom. The zero-order valence-electron chi connectivity index (χ0n) is 18.1. The van der Waals surface area contributed by atoms with E-state index in [1.807, 2.05) is 24.3 Å². The summed E-state index contributed by atoms with van der Waals surface area (Å²) in [4.78, 5) is 24.2. The van der Waals surface area contributed by atoms with E-state index in [9.17, 15) is 14.9 Å². The van der Waals surface area contributed by atoms with Gasteiger partial charge in [0.25, 0.3) is 5.91 Å². The molecule has 6 nitrogen and oxygen atoms in total. The lowest BCUT2D eigenvalue weighted by Gasteiger charge is -2.13. The van der Waals surface area contributed by atoms with Crippen LogP contribution in [0.1, 0.15) is 21.5 Å². The van der Waals surface area contributed by atoms with Gasteiger partial charge in [0, 0.05) is 21.3 Å². The van der Waals surface area contributed by atoms with E-state index in [2.05, 4.69) is 55.2 Å². The maximum atomic E-state index is 12.6. The summed E-state index contributed by atoms with van der Waals surface area (Å²) in [5.74, 6) is -0.377. The lowest BCUT2D eigenvalue weighted by molar-refractivity contribution is -0.112. The van der Waals surface area contributed by atoms with Crippen molar-refractivity contribution in [3.8, 4) is 11.8 Å². The summed E-state index contributed by atoms with van der Waals surface area (Å²) in [6.45, 7) is 0.262. The first-order chi connectivity index (χ1) is 16.7. The van der Waals surface area contributed by atoms with Crippen LogP contribution in [0.4, 0.5) is 5.69 Å². The molecule has 0 unspecified atom stereocenters. The minimum Gasteiger partial charge on any atom is -0.487 e. The first-order valence-electron chi connectivity index (χ1n) is 9.89. The Morgan fingerprint density at radius 3 is 2.29 bits per heavy atom. The van der Waals surface area contributed by atoms with Crippen LogP contribution < -0.4 is 10.1 Å². The molecule has 3 aromatic carbocycles. The normalized spacial score (nSPS) is 10.9. The van der Waals surface area contributed by atoms with Gasteiger partial charge >= 0.3 is 5.97 Å². The quantitative estimate of drug-likeness (QED) is 0.121. The molecule has 10 heteroatoms. The van der Waals surface area contributed by atoms with E-state index in [1.165, 1.54) is 25.3 Å². The number of rotatable bonds is 7. The summed E-state index contributed by atoms with van der Waals surface area (Å²) in [5, 5.41) is 13.3. The van der Waals surface area contributed by atoms with Crippen molar-refractivity contribution in [3.05, 3.63) is 94.0 Å². The molecule has 0 fully saturated rings. The Hall–Kier alpha value is -2.33. The number of nitrogens with one attached hydrogen (secondary N) is 1. The molecular weight excluding hydrogens is 717 g/mol. The van der Waals surface area contributed by atoms with Crippen molar-refractivity contribution in [2.24, 2.45) is 0 Å². The van der Waals surface area contributed by atoms with Gasteiger partial charge in [-0.1, -0.05) is 29.3 Å². The molecule has 3 rings (SSSR count). The number of hydrogen-bond acceptors (Lipinski definition) is 5. The van der Waals surface area contributed by atoms with Crippen LogP contribution in [0.5, 0.6) is 5.75 Å². The summed E-state index contributed by atoms with van der Waals surface area (Å²) in [6, 6.07) is 17.0. The first-order valence-corrected chi connectivity index (χ1v) is 12.8. The highest BCUT2D eigenvalue weighted by atomic mass is 127. The predicted molar refractivity (Wildman–Crippen MR) is 153 cm³/mol. The minimum atomic E-state index is -0.568. The molecule has 0 aromatic heterocycles. The molecule has 0 aliphatic heterocycles. The Kier molecular flexibility index (Phi) is 9.80. The highest BCUT2D eigenvalue weighted by molar-refractivity contribution is 14.1. The lowest BCUT2D eigenvalue weighted by Crippen LogP contribution is -2.13. The van der Waals surface area contributed by atoms with Gasteiger partial charge in [0.15, 0.2) is 0 Å². The van der Waals surface area contributed by atoms with Crippen molar-refractivity contribution >= 4 is 92.0 Å². The Morgan fingerprint density at radius 2 is 1.71 bits per heavy atom. The van der Waals surface area contributed by atoms with Gasteiger partial charge in [0.2, 0.25) is 0 Å². The molecule has 0 saturated carbocycles. The third-order valence-electron chi connectivity index (χ3n) is 4.65. The fourth-order valence-corrected chi connectivity index (χ4v) is 5.50. The summed E-state index contributed by atoms with van der Waals surface area (Å²) in [6.07, 6.45) is 1.50. The molecule has 0 spiro atoms. The number of halogens is 4. The second kappa shape index (κ2) is 12.6. The highest BCUT2D eigenvalue weighted by Crippen LogP contribution is 2.31. The maximum Gasteiger partial charge on any atom is 0.337 e. The van der Waals surface area contributed by atoms with Gasteiger partial charge in [0.1, 0.15) is 24.0 Å². The van der Waals surface area contributed by atoms with E-state index in [0.29, 0.717) is 32.6 Å². The number of carbonyl (C=O) groups excluding carboxylic acids is 2. The monoisotopic (exact) mass is 732 g/mol. The topological polar surface area (TPSA) is 88.4 Å². The molecule has 3 aromatic rings. The summed E-state index contributed by atoms with van der Waals surface area (Å²) < 4.78 is 12.3. The number of ether oxygens (including phenoxy) is 2. The predicted octanol–water partition coefficient (Wildman–Crippen LogP) is 7.11. The number of methoxy groups -OCH3 is 1. The zero-order valence-corrected chi connectivity index (χ0v) is 23.9. The fraction of sp³-hybridized carbons (Fsp3) is 0.0800. The number of nitriles is 1. The van der Waals surface area contributed by atoms with Crippen LogP contribution in [0.2, 0.25) is 10.0 Å². The van der Waals surface area contributed by atoms with Gasteiger partial charge in [-0.15, -0.1) is 0 Å². The van der Waals surface area contributed by atoms with E-state index in [1.54, 1.807) is 24.3 Å². The van der Waals surface area contributed by atoms with E-state index < -0.39 is 11.9 Å². The Labute approximate surface area is 239 Å². The van der Waals surface area contributed by atoms with E-state index >= 15 is 0 Å². The zero-order chi connectivity index (χ0) is 25.5. The Balaban J connectivity index is 1.75. The highest BCUT2D eigenvalue weighted by Gasteiger charge is 2.14. The third-order valence-corrected chi connectivity index (χ3v) is 6.84. The SMILES string of the molecule is COC(=O)c1ccc(NC(=O)/C(C#N)=C/c2cc(I)c(OCc3ccc(Cl)cc3Cl)c(I)c2)cc1. The molecule has 1 N–H and O–H groups in total. The van der Waals surface area contributed by atoms with Crippen LogP contribution in [-0.4, -0.2) is 19.0 Å². The molecule has 0 heterocycles. The van der Waals surface area contributed by atoms with Crippen molar-refractivity contribution in [2.75, 3.05) is 12.4 Å². The summed E-state index contributed by atoms with van der Waals surface area (Å²) >= 11 is 16.4. The van der Waals surface area contributed by atoms with Crippen LogP contribution in [0, 0.1) is 18.5 Å². The van der Waals surface area contributed by atoms with Crippen LogP contribution in [0.15, 0.2) is 60.2 Å². The number of anilines is 1.